The van der Waals surface area contributed by atoms with Crippen molar-refractivity contribution < 1.29 is 8.42 Å². The number of aromatic nitrogens is 1. The highest BCUT2D eigenvalue weighted by Crippen LogP contribution is 2.23. The molecule has 1 aromatic heterocycles. The van der Waals surface area contributed by atoms with Gasteiger partial charge < -0.3 is 10.6 Å². The third-order valence-electron chi connectivity index (χ3n) is 3.16. The van der Waals surface area contributed by atoms with Crippen LogP contribution >= 0.6 is 0 Å². The summed E-state index contributed by atoms with van der Waals surface area (Å²) in [6, 6.07) is 3.71. The fraction of sp³-hybridized carbons (Fsp3) is 0.583. The van der Waals surface area contributed by atoms with Gasteiger partial charge in [0.15, 0.2) is 9.84 Å². The molecule has 2 heterocycles. The molecule has 0 aromatic carbocycles. The number of anilines is 1. The number of hydrogen-bond acceptors (Lipinski definition) is 5. The van der Waals surface area contributed by atoms with Crippen LogP contribution in [0.3, 0.4) is 0 Å². The molecule has 1 saturated heterocycles. The molecule has 2 rings (SSSR count). The Hall–Kier alpha value is -1.14. The molecule has 0 unspecified atom stereocenters. The monoisotopic (exact) mass is 269 g/mol. The molecule has 5 nitrogen and oxygen atoms in total. The van der Waals surface area contributed by atoms with E-state index >= 15 is 0 Å². The van der Waals surface area contributed by atoms with Crippen LogP contribution in [0.25, 0.3) is 0 Å². The minimum absolute atomic E-state index is 0.103. The molecule has 1 atom stereocenters. The third-order valence-corrected chi connectivity index (χ3v) is 4.88. The Morgan fingerprint density at radius 2 is 2.17 bits per heavy atom. The van der Waals surface area contributed by atoms with Crippen molar-refractivity contribution in [2.45, 2.75) is 19.4 Å². The maximum atomic E-state index is 11.6. The molecule has 1 aliphatic heterocycles. The highest BCUT2D eigenvalue weighted by atomic mass is 32.2. The van der Waals surface area contributed by atoms with E-state index in [0.29, 0.717) is 13.0 Å². The van der Waals surface area contributed by atoms with E-state index in [-0.39, 0.29) is 17.5 Å². The van der Waals surface area contributed by atoms with Crippen LogP contribution < -0.4 is 10.6 Å². The molecule has 1 aliphatic rings. The number of nitrogens with two attached hydrogens (primary N) is 1. The van der Waals surface area contributed by atoms with Crippen LogP contribution in [-0.4, -0.2) is 38.0 Å². The number of pyridine rings is 1. The van der Waals surface area contributed by atoms with E-state index in [4.69, 9.17) is 5.73 Å². The summed E-state index contributed by atoms with van der Waals surface area (Å²) in [4.78, 5) is 6.40. The lowest BCUT2D eigenvalue weighted by Gasteiger charge is -2.24. The molecule has 0 aliphatic carbocycles. The Bertz CT molecular complexity index is 514. The van der Waals surface area contributed by atoms with Crippen LogP contribution in [0.1, 0.15) is 24.9 Å². The standard InChI is InChI=1S/C12H19N3O2S/c1-10(13)11-4-2-5-14-12(11)15-6-3-8-18(16,17)9-7-15/h2,4-5,10H,3,6-9,13H2,1H3/t10-/m1/s1. The van der Waals surface area contributed by atoms with Gasteiger partial charge in [0.1, 0.15) is 5.82 Å². The van der Waals surface area contributed by atoms with Crippen LogP contribution in [0.2, 0.25) is 0 Å². The SMILES string of the molecule is C[C@@H](N)c1cccnc1N1CCCS(=O)(=O)CC1. The van der Waals surface area contributed by atoms with Crippen molar-refractivity contribution in [1.29, 1.82) is 0 Å². The first-order chi connectivity index (χ1) is 8.49. The largest absolute Gasteiger partial charge is 0.355 e. The van der Waals surface area contributed by atoms with Crippen molar-refractivity contribution in [1.82, 2.24) is 4.98 Å². The Kier molecular flexibility index (Phi) is 3.87. The van der Waals surface area contributed by atoms with Gasteiger partial charge in [-0.2, -0.15) is 0 Å². The average molecular weight is 269 g/mol. The van der Waals surface area contributed by atoms with Crippen molar-refractivity contribution in [2.24, 2.45) is 5.73 Å². The molecule has 1 fully saturated rings. The van der Waals surface area contributed by atoms with Gasteiger partial charge in [-0.05, 0) is 19.4 Å². The lowest BCUT2D eigenvalue weighted by Crippen LogP contribution is -2.29. The second-order valence-electron chi connectivity index (χ2n) is 4.70. The number of rotatable bonds is 2. The maximum Gasteiger partial charge on any atom is 0.152 e. The molecule has 2 N–H and O–H groups in total. The fourth-order valence-electron chi connectivity index (χ4n) is 2.18. The van der Waals surface area contributed by atoms with Crippen molar-refractivity contribution in [3.8, 4) is 0 Å². The number of sulfone groups is 1. The molecule has 0 spiro atoms. The molecule has 1 aromatic rings. The van der Waals surface area contributed by atoms with Crippen molar-refractivity contribution >= 4 is 15.7 Å². The second-order valence-corrected chi connectivity index (χ2v) is 7.00. The fourth-order valence-corrected chi connectivity index (χ4v) is 3.45. The number of nitrogens with zero attached hydrogens (tertiary/aromatic N) is 2. The summed E-state index contributed by atoms with van der Waals surface area (Å²) >= 11 is 0. The van der Waals surface area contributed by atoms with Gasteiger partial charge >= 0.3 is 0 Å². The van der Waals surface area contributed by atoms with Crippen LogP contribution in [-0.2, 0) is 9.84 Å². The zero-order chi connectivity index (χ0) is 13.2. The molecule has 0 saturated carbocycles. The highest BCUT2D eigenvalue weighted by molar-refractivity contribution is 7.91. The van der Waals surface area contributed by atoms with Gasteiger partial charge in [-0.25, -0.2) is 13.4 Å². The average Bonchev–Trinajstić information content (AvgIpc) is 2.50. The Morgan fingerprint density at radius 1 is 1.39 bits per heavy atom. The van der Waals surface area contributed by atoms with Crippen LogP contribution in [0.5, 0.6) is 0 Å². The van der Waals surface area contributed by atoms with Crippen LogP contribution in [0.15, 0.2) is 18.3 Å². The first-order valence-corrected chi connectivity index (χ1v) is 7.97. The summed E-state index contributed by atoms with van der Waals surface area (Å²) in [6.45, 7) is 3.13. The van der Waals surface area contributed by atoms with E-state index in [9.17, 15) is 8.42 Å². The van der Waals surface area contributed by atoms with E-state index in [2.05, 4.69) is 4.98 Å². The van der Waals surface area contributed by atoms with Gasteiger partial charge in [0.25, 0.3) is 0 Å². The predicted molar refractivity (Wildman–Crippen MR) is 72.3 cm³/mol. The summed E-state index contributed by atoms with van der Waals surface area (Å²) in [5, 5.41) is 0. The molecule has 0 radical (unpaired) electrons. The molecule has 6 heteroatoms. The van der Waals surface area contributed by atoms with E-state index in [1.165, 1.54) is 0 Å². The van der Waals surface area contributed by atoms with Gasteiger partial charge in [-0.1, -0.05) is 6.07 Å². The van der Waals surface area contributed by atoms with Gasteiger partial charge in [-0.15, -0.1) is 0 Å². The molecular formula is C12H19N3O2S. The molecular weight excluding hydrogens is 250 g/mol. The summed E-state index contributed by atoms with van der Waals surface area (Å²) in [5.41, 5.74) is 6.90. The van der Waals surface area contributed by atoms with Gasteiger partial charge in [0.05, 0.1) is 11.5 Å². The van der Waals surface area contributed by atoms with Gasteiger partial charge in [0.2, 0.25) is 0 Å². The minimum Gasteiger partial charge on any atom is -0.355 e. The molecule has 0 bridgehead atoms. The van der Waals surface area contributed by atoms with E-state index in [1.807, 2.05) is 24.0 Å². The lowest BCUT2D eigenvalue weighted by atomic mass is 10.1. The van der Waals surface area contributed by atoms with E-state index in [1.54, 1.807) is 6.20 Å². The van der Waals surface area contributed by atoms with Crippen molar-refractivity contribution in [3.05, 3.63) is 23.9 Å². The summed E-state index contributed by atoms with van der Waals surface area (Å²) in [5.74, 6) is 1.29. The van der Waals surface area contributed by atoms with E-state index < -0.39 is 9.84 Å². The maximum absolute atomic E-state index is 11.6. The van der Waals surface area contributed by atoms with Crippen LogP contribution in [0, 0.1) is 0 Å². The predicted octanol–water partition coefficient (Wildman–Crippen LogP) is 0.726. The smallest absolute Gasteiger partial charge is 0.152 e. The van der Waals surface area contributed by atoms with E-state index in [0.717, 1.165) is 17.9 Å². The second kappa shape index (κ2) is 5.24. The first kappa shape index (κ1) is 13.3. The van der Waals surface area contributed by atoms with Crippen molar-refractivity contribution in [3.63, 3.8) is 0 Å². The third kappa shape index (κ3) is 3.00. The Balaban J connectivity index is 2.26. The highest BCUT2D eigenvalue weighted by Gasteiger charge is 2.22. The van der Waals surface area contributed by atoms with Crippen molar-refractivity contribution in [2.75, 3.05) is 29.5 Å². The first-order valence-electron chi connectivity index (χ1n) is 6.15. The summed E-state index contributed by atoms with van der Waals surface area (Å²) < 4.78 is 23.2. The lowest BCUT2D eigenvalue weighted by molar-refractivity contribution is 0.597. The summed E-state index contributed by atoms with van der Waals surface area (Å²) in [7, 11) is -2.89. The quantitative estimate of drug-likeness (QED) is 0.856. The topological polar surface area (TPSA) is 76.3 Å². The molecule has 18 heavy (non-hydrogen) atoms. The van der Waals surface area contributed by atoms with Crippen LogP contribution in [0.4, 0.5) is 5.82 Å². The Labute approximate surface area is 108 Å². The molecule has 0 amide bonds. The zero-order valence-electron chi connectivity index (χ0n) is 10.5. The summed E-state index contributed by atoms with van der Waals surface area (Å²) in [6.07, 6.45) is 2.37. The Morgan fingerprint density at radius 3 is 2.89 bits per heavy atom. The van der Waals surface area contributed by atoms with Gasteiger partial charge in [0, 0.05) is 30.9 Å². The minimum atomic E-state index is -2.89. The normalized spacial score (nSPS) is 21.3. The molecule has 100 valence electrons. The van der Waals surface area contributed by atoms with Gasteiger partial charge in [-0.3, -0.25) is 0 Å². The number of hydrogen-bond donors (Lipinski definition) is 1. The zero-order valence-corrected chi connectivity index (χ0v) is 11.4.